The number of hydrogen-bond acceptors (Lipinski definition) is 4. The normalized spacial score (nSPS) is 17.1. The van der Waals surface area contributed by atoms with Crippen molar-refractivity contribution in [1.29, 1.82) is 0 Å². The highest BCUT2D eigenvalue weighted by Crippen LogP contribution is 2.29. The molecule has 1 aromatic heterocycles. The molecular weight excluding hydrogens is 332 g/mol. The molecule has 1 aromatic carbocycles. The Balaban J connectivity index is 1.75. The molecule has 1 atom stereocenters. The molecule has 0 bridgehead atoms. The molecule has 2 aromatic rings. The van der Waals surface area contributed by atoms with Crippen LogP contribution in [0.25, 0.3) is 10.6 Å². The molecule has 2 N–H and O–H groups in total. The van der Waals surface area contributed by atoms with Crippen LogP contribution in [0, 0.1) is 17.6 Å². The van der Waals surface area contributed by atoms with Gasteiger partial charge in [-0.2, -0.15) is 0 Å². The lowest BCUT2D eigenvalue weighted by molar-refractivity contribution is 0.0676. The van der Waals surface area contributed by atoms with Crippen LogP contribution >= 0.6 is 11.3 Å². The van der Waals surface area contributed by atoms with Crippen molar-refractivity contribution < 1.29 is 13.6 Å². The summed E-state index contributed by atoms with van der Waals surface area (Å²) in [6, 6.07) is 3.79. The highest BCUT2D eigenvalue weighted by atomic mass is 32.1. The molecular formula is C17H19F2N3OS. The maximum atomic E-state index is 13.8. The number of aromatic nitrogens is 1. The van der Waals surface area contributed by atoms with Gasteiger partial charge in [-0.05, 0) is 37.8 Å². The average Bonchev–Trinajstić information content (AvgIpc) is 3.03. The first-order chi connectivity index (χ1) is 11.5. The number of nitrogens with two attached hydrogens (primary N) is 1. The van der Waals surface area contributed by atoms with E-state index in [0.717, 1.165) is 24.2 Å². The fourth-order valence-electron chi connectivity index (χ4n) is 2.98. The smallest absolute Gasteiger partial charge is 0.273 e. The minimum atomic E-state index is -0.680. The molecule has 4 nitrogen and oxygen atoms in total. The Morgan fingerprint density at radius 2 is 1.96 bits per heavy atom. The topological polar surface area (TPSA) is 59.2 Å². The van der Waals surface area contributed by atoms with Crippen LogP contribution in [0.2, 0.25) is 0 Å². The van der Waals surface area contributed by atoms with Crippen LogP contribution in [0.1, 0.15) is 30.3 Å². The Bertz CT molecular complexity index is 719. The number of benzene rings is 1. The number of carbonyl (C=O) groups is 1. The third-order valence-electron chi connectivity index (χ3n) is 4.47. The fourth-order valence-corrected chi connectivity index (χ4v) is 3.82. The molecule has 0 radical (unpaired) electrons. The van der Waals surface area contributed by atoms with E-state index in [2.05, 4.69) is 4.98 Å². The van der Waals surface area contributed by atoms with Crippen LogP contribution in [0.15, 0.2) is 23.6 Å². The predicted octanol–water partition coefficient (Wildman–Crippen LogP) is 3.29. The second-order valence-electron chi connectivity index (χ2n) is 6.12. The van der Waals surface area contributed by atoms with E-state index < -0.39 is 11.6 Å². The molecule has 0 aliphatic carbocycles. The van der Waals surface area contributed by atoms with Crippen LogP contribution < -0.4 is 5.73 Å². The van der Waals surface area contributed by atoms with Crippen molar-refractivity contribution >= 4 is 17.2 Å². The summed E-state index contributed by atoms with van der Waals surface area (Å²) in [5.74, 6) is -1.13. The molecule has 7 heteroatoms. The maximum absolute atomic E-state index is 13.8. The van der Waals surface area contributed by atoms with Gasteiger partial charge in [0, 0.05) is 24.5 Å². The van der Waals surface area contributed by atoms with Gasteiger partial charge in [0.1, 0.15) is 22.3 Å². The van der Waals surface area contributed by atoms with E-state index in [-0.39, 0.29) is 28.2 Å². The average molecular weight is 351 g/mol. The first kappa shape index (κ1) is 17.0. The Morgan fingerprint density at radius 3 is 2.54 bits per heavy atom. The van der Waals surface area contributed by atoms with E-state index in [1.807, 2.05) is 6.92 Å². The van der Waals surface area contributed by atoms with Crippen molar-refractivity contribution in [2.45, 2.75) is 25.8 Å². The van der Waals surface area contributed by atoms with Gasteiger partial charge in [0.2, 0.25) is 0 Å². The van der Waals surface area contributed by atoms with Gasteiger partial charge < -0.3 is 10.6 Å². The summed E-state index contributed by atoms with van der Waals surface area (Å²) in [6.07, 6.45) is 1.73. The van der Waals surface area contributed by atoms with E-state index in [9.17, 15) is 13.6 Å². The number of likely N-dealkylation sites (tertiary alicyclic amines) is 1. The molecule has 128 valence electrons. The SMILES string of the molecule is CC(N)C1CCN(C(=O)c2csc(-c3c(F)cccc3F)n2)CC1. The van der Waals surface area contributed by atoms with Gasteiger partial charge >= 0.3 is 0 Å². The molecule has 1 unspecified atom stereocenters. The third-order valence-corrected chi connectivity index (χ3v) is 5.33. The van der Waals surface area contributed by atoms with Gasteiger partial charge in [-0.1, -0.05) is 6.07 Å². The minimum absolute atomic E-state index is 0.122. The Kier molecular flexibility index (Phi) is 4.91. The fraction of sp³-hybridized carbons (Fsp3) is 0.412. The Hall–Kier alpha value is -1.86. The van der Waals surface area contributed by atoms with E-state index in [0.29, 0.717) is 19.0 Å². The largest absolute Gasteiger partial charge is 0.337 e. The number of halogens is 2. The Morgan fingerprint density at radius 1 is 1.33 bits per heavy atom. The second kappa shape index (κ2) is 6.94. The molecule has 1 aliphatic rings. The van der Waals surface area contributed by atoms with Gasteiger partial charge in [-0.15, -0.1) is 11.3 Å². The number of hydrogen-bond donors (Lipinski definition) is 1. The zero-order chi connectivity index (χ0) is 17.3. The molecule has 1 amide bonds. The zero-order valence-corrected chi connectivity index (χ0v) is 14.2. The molecule has 1 saturated heterocycles. The van der Waals surface area contributed by atoms with E-state index in [1.54, 1.807) is 10.3 Å². The maximum Gasteiger partial charge on any atom is 0.273 e. The standard InChI is InChI=1S/C17H19F2N3OS/c1-10(20)11-5-7-22(8-6-11)17(23)14-9-24-16(21-14)15-12(18)3-2-4-13(15)19/h2-4,9-11H,5-8,20H2,1H3. The van der Waals surface area contributed by atoms with Gasteiger partial charge in [0.15, 0.2) is 0 Å². The lowest BCUT2D eigenvalue weighted by atomic mass is 9.91. The Labute approximate surface area is 143 Å². The van der Waals surface area contributed by atoms with Crippen LogP contribution in [0.4, 0.5) is 8.78 Å². The van der Waals surface area contributed by atoms with Crippen LogP contribution in [0.5, 0.6) is 0 Å². The quantitative estimate of drug-likeness (QED) is 0.923. The van der Waals surface area contributed by atoms with Crippen molar-refractivity contribution in [2.24, 2.45) is 11.7 Å². The summed E-state index contributed by atoms with van der Waals surface area (Å²) < 4.78 is 27.7. The van der Waals surface area contributed by atoms with Crippen molar-refractivity contribution in [3.8, 4) is 10.6 Å². The molecule has 1 aliphatic heterocycles. The number of nitrogens with zero attached hydrogens (tertiary/aromatic N) is 2. The van der Waals surface area contributed by atoms with Crippen molar-refractivity contribution in [2.75, 3.05) is 13.1 Å². The van der Waals surface area contributed by atoms with E-state index in [4.69, 9.17) is 5.73 Å². The number of thiazole rings is 1. The number of piperidine rings is 1. The lowest BCUT2D eigenvalue weighted by Gasteiger charge is -2.33. The zero-order valence-electron chi connectivity index (χ0n) is 13.3. The van der Waals surface area contributed by atoms with Gasteiger partial charge in [-0.3, -0.25) is 4.79 Å². The number of rotatable bonds is 3. The molecule has 2 heterocycles. The predicted molar refractivity (Wildman–Crippen MR) is 89.7 cm³/mol. The number of amides is 1. The highest BCUT2D eigenvalue weighted by molar-refractivity contribution is 7.13. The molecule has 24 heavy (non-hydrogen) atoms. The van der Waals surface area contributed by atoms with E-state index in [1.165, 1.54) is 18.2 Å². The monoisotopic (exact) mass is 351 g/mol. The summed E-state index contributed by atoms with van der Waals surface area (Å²) in [6.45, 7) is 3.25. The summed E-state index contributed by atoms with van der Waals surface area (Å²) in [5.41, 5.74) is 5.96. The second-order valence-corrected chi connectivity index (χ2v) is 6.98. The first-order valence-electron chi connectivity index (χ1n) is 7.92. The summed E-state index contributed by atoms with van der Waals surface area (Å²) in [5, 5.41) is 1.74. The van der Waals surface area contributed by atoms with Gasteiger partial charge in [0.25, 0.3) is 5.91 Å². The first-order valence-corrected chi connectivity index (χ1v) is 8.80. The molecule has 3 rings (SSSR count). The molecule has 0 saturated carbocycles. The lowest BCUT2D eigenvalue weighted by Crippen LogP contribution is -2.42. The van der Waals surface area contributed by atoms with Crippen LogP contribution in [0.3, 0.4) is 0 Å². The van der Waals surface area contributed by atoms with E-state index >= 15 is 0 Å². The van der Waals surface area contributed by atoms with Crippen molar-refractivity contribution in [3.63, 3.8) is 0 Å². The summed E-state index contributed by atoms with van der Waals surface area (Å²) >= 11 is 1.07. The summed E-state index contributed by atoms with van der Waals surface area (Å²) in [7, 11) is 0. The number of carbonyl (C=O) groups excluding carboxylic acids is 1. The molecule has 1 fully saturated rings. The minimum Gasteiger partial charge on any atom is -0.337 e. The van der Waals surface area contributed by atoms with Crippen molar-refractivity contribution in [1.82, 2.24) is 9.88 Å². The van der Waals surface area contributed by atoms with Crippen LogP contribution in [-0.2, 0) is 0 Å². The van der Waals surface area contributed by atoms with Crippen molar-refractivity contribution in [3.05, 3.63) is 40.9 Å². The summed E-state index contributed by atoms with van der Waals surface area (Å²) in [4.78, 5) is 18.4. The molecule has 0 spiro atoms. The van der Waals surface area contributed by atoms with Gasteiger partial charge in [-0.25, -0.2) is 13.8 Å². The van der Waals surface area contributed by atoms with Gasteiger partial charge in [0.05, 0.1) is 5.56 Å². The highest BCUT2D eigenvalue weighted by Gasteiger charge is 2.27. The van der Waals surface area contributed by atoms with Crippen LogP contribution in [-0.4, -0.2) is 34.9 Å². The third kappa shape index (κ3) is 3.32.